The van der Waals surface area contributed by atoms with E-state index in [2.05, 4.69) is 26.3 Å². The van der Waals surface area contributed by atoms with Gasteiger partial charge in [-0.15, -0.1) is 0 Å². The van der Waals surface area contributed by atoms with Gasteiger partial charge in [0.25, 0.3) is 0 Å². The molecule has 2 rings (SSSR count). The van der Waals surface area contributed by atoms with Gasteiger partial charge in [0.2, 0.25) is 5.95 Å². The van der Waals surface area contributed by atoms with E-state index in [1.165, 1.54) is 0 Å². The summed E-state index contributed by atoms with van der Waals surface area (Å²) in [4.78, 5) is 24.4. The Morgan fingerprint density at radius 1 is 1.30 bits per heavy atom. The van der Waals surface area contributed by atoms with E-state index < -0.39 is 0 Å². The van der Waals surface area contributed by atoms with E-state index in [1.807, 2.05) is 6.07 Å². The standard InChI is InChI=1S/C14H20N4O2/c1-3-20-13(19)12(2)11-17-7-9-18(10-8-17)14-15-5-4-6-16-14/h4-6H,2-3,7-11H2,1H3. The number of rotatable bonds is 5. The number of esters is 1. The van der Waals surface area contributed by atoms with E-state index in [-0.39, 0.29) is 5.97 Å². The smallest absolute Gasteiger partial charge is 0.334 e. The predicted molar refractivity (Wildman–Crippen MR) is 76.5 cm³/mol. The molecule has 1 aliphatic heterocycles. The molecule has 0 saturated carbocycles. The maximum Gasteiger partial charge on any atom is 0.334 e. The SMILES string of the molecule is C=C(CN1CCN(c2ncccn2)CC1)C(=O)OCC. The lowest BCUT2D eigenvalue weighted by Crippen LogP contribution is -2.47. The molecule has 1 aromatic heterocycles. The summed E-state index contributed by atoms with van der Waals surface area (Å²) in [5, 5.41) is 0. The highest BCUT2D eigenvalue weighted by molar-refractivity contribution is 5.88. The zero-order chi connectivity index (χ0) is 14.4. The van der Waals surface area contributed by atoms with Crippen LogP contribution in [0.2, 0.25) is 0 Å². The van der Waals surface area contributed by atoms with Gasteiger partial charge in [0, 0.05) is 50.7 Å². The Labute approximate surface area is 119 Å². The normalized spacial score (nSPS) is 15.9. The Balaban J connectivity index is 1.80. The number of ether oxygens (including phenoxy) is 1. The minimum Gasteiger partial charge on any atom is -0.463 e. The molecule has 0 aromatic carbocycles. The van der Waals surface area contributed by atoms with E-state index in [0.717, 1.165) is 32.1 Å². The zero-order valence-corrected chi connectivity index (χ0v) is 11.8. The Hall–Kier alpha value is -1.95. The highest BCUT2D eigenvalue weighted by Crippen LogP contribution is 2.10. The molecule has 108 valence electrons. The van der Waals surface area contributed by atoms with Crippen LogP contribution in [-0.4, -0.2) is 60.2 Å². The molecule has 0 aliphatic carbocycles. The Morgan fingerprint density at radius 2 is 1.95 bits per heavy atom. The number of piperazine rings is 1. The maximum atomic E-state index is 11.5. The zero-order valence-electron chi connectivity index (χ0n) is 11.8. The average molecular weight is 276 g/mol. The lowest BCUT2D eigenvalue weighted by molar-refractivity contribution is -0.138. The molecule has 2 heterocycles. The molecule has 1 fully saturated rings. The van der Waals surface area contributed by atoms with Gasteiger partial charge in [-0.25, -0.2) is 14.8 Å². The number of nitrogens with zero attached hydrogens (tertiary/aromatic N) is 4. The molecular formula is C14H20N4O2. The third kappa shape index (κ3) is 3.77. The molecule has 0 amide bonds. The molecule has 0 N–H and O–H groups in total. The largest absolute Gasteiger partial charge is 0.463 e. The lowest BCUT2D eigenvalue weighted by atomic mass is 10.2. The second kappa shape index (κ2) is 7.00. The van der Waals surface area contributed by atoms with Gasteiger partial charge in [-0.3, -0.25) is 4.90 Å². The maximum absolute atomic E-state index is 11.5. The highest BCUT2D eigenvalue weighted by Gasteiger charge is 2.20. The van der Waals surface area contributed by atoms with Crippen molar-refractivity contribution in [3.05, 3.63) is 30.6 Å². The fourth-order valence-corrected chi connectivity index (χ4v) is 2.13. The predicted octanol–water partition coefficient (Wildman–Crippen LogP) is 0.718. The lowest BCUT2D eigenvalue weighted by Gasteiger charge is -2.34. The third-order valence-electron chi connectivity index (χ3n) is 3.19. The highest BCUT2D eigenvalue weighted by atomic mass is 16.5. The van der Waals surface area contributed by atoms with Crippen LogP contribution in [0.15, 0.2) is 30.6 Å². The molecule has 6 nitrogen and oxygen atoms in total. The fraction of sp³-hybridized carbons (Fsp3) is 0.500. The molecule has 1 saturated heterocycles. The van der Waals surface area contributed by atoms with E-state index in [0.29, 0.717) is 18.7 Å². The number of aromatic nitrogens is 2. The van der Waals surface area contributed by atoms with Crippen LogP contribution < -0.4 is 4.90 Å². The van der Waals surface area contributed by atoms with Crippen molar-refractivity contribution in [3.8, 4) is 0 Å². The Kier molecular flexibility index (Phi) is 5.06. The molecule has 0 bridgehead atoms. The van der Waals surface area contributed by atoms with Gasteiger partial charge in [-0.1, -0.05) is 6.58 Å². The average Bonchev–Trinajstić information content (AvgIpc) is 2.49. The molecular weight excluding hydrogens is 256 g/mol. The van der Waals surface area contributed by atoms with Crippen LogP contribution in [0.3, 0.4) is 0 Å². The fourth-order valence-electron chi connectivity index (χ4n) is 2.13. The first-order valence-electron chi connectivity index (χ1n) is 6.80. The van der Waals surface area contributed by atoms with Gasteiger partial charge in [-0.05, 0) is 13.0 Å². The first-order chi connectivity index (χ1) is 9.70. The molecule has 6 heteroatoms. The first kappa shape index (κ1) is 14.5. The van der Waals surface area contributed by atoms with Gasteiger partial charge in [-0.2, -0.15) is 0 Å². The molecule has 0 spiro atoms. The first-order valence-corrected chi connectivity index (χ1v) is 6.80. The van der Waals surface area contributed by atoms with Crippen LogP contribution in [-0.2, 0) is 9.53 Å². The summed E-state index contributed by atoms with van der Waals surface area (Å²) in [7, 11) is 0. The van der Waals surface area contributed by atoms with E-state index in [9.17, 15) is 4.79 Å². The van der Waals surface area contributed by atoms with Crippen molar-refractivity contribution in [3.63, 3.8) is 0 Å². The van der Waals surface area contributed by atoms with Gasteiger partial charge in [0.15, 0.2) is 0 Å². The van der Waals surface area contributed by atoms with Gasteiger partial charge in [0.1, 0.15) is 0 Å². The van der Waals surface area contributed by atoms with E-state index in [1.54, 1.807) is 19.3 Å². The molecule has 1 aromatic rings. The molecule has 1 aliphatic rings. The Morgan fingerprint density at radius 3 is 2.55 bits per heavy atom. The van der Waals surface area contributed by atoms with Crippen LogP contribution >= 0.6 is 0 Å². The Bertz CT molecular complexity index is 456. The number of hydrogen-bond acceptors (Lipinski definition) is 6. The summed E-state index contributed by atoms with van der Waals surface area (Å²) in [6, 6.07) is 1.81. The topological polar surface area (TPSA) is 58.6 Å². The quantitative estimate of drug-likeness (QED) is 0.583. The van der Waals surface area contributed by atoms with Crippen LogP contribution in [0.1, 0.15) is 6.92 Å². The van der Waals surface area contributed by atoms with Crippen molar-refractivity contribution < 1.29 is 9.53 Å². The van der Waals surface area contributed by atoms with Crippen molar-refractivity contribution in [2.45, 2.75) is 6.92 Å². The van der Waals surface area contributed by atoms with Crippen molar-refractivity contribution in [1.29, 1.82) is 0 Å². The number of anilines is 1. The van der Waals surface area contributed by atoms with Crippen molar-refractivity contribution >= 4 is 11.9 Å². The van der Waals surface area contributed by atoms with Crippen molar-refractivity contribution in [1.82, 2.24) is 14.9 Å². The van der Waals surface area contributed by atoms with Crippen LogP contribution in [0.25, 0.3) is 0 Å². The van der Waals surface area contributed by atoms with Crippen molar-refractivity contribution in [2.24, 2.45) is 0 Å². The second-order valence-electron chi connectivity index (χ2n) is 4.64. The molecule has 0 atom stereocenters. The van der Waals surface area contributed by atoms with Crippen LogP contribution in [0, 0.1) is 0 Å². The summed E-state index contributed by atoms with van der Waals surface area (Å²) in [6.45, 7) is 9.94. The van der Waals surface area contributed by atoms with E-state index in [4.69, 9.17) is 4.74 Å². The summed E-state index contributed by atoms with van der Waals surface area (Å²) in [5.74, 6) is 0.456. The van der Waals surface area contributed by atoms with Gasteiger partial charge >= 0.3 is 5.97 Å². The van der Waals surface area contributed by atoms with E-state index >= 15 is 0 Å². The number of hydrogen-bond donors (Lipinski definition) is 0. The van der Waals surface area contributed by atoms with Gasteiger partial charge < -0.3 is 9.64 Å². The van der Waals surface area contributed by atoms with Crippen molar-refractivity contribution in [2.75, 3.05) is 44.2 Å². The summed E-state index contributed by atoms with van der Waals surface area (Å²) in [6.07, 6.45) is 3.49. The second-order valence-corrected chi connectivity index (χ2v) is 4.64. The summed E-state index contributed by atoms with van der Waals surface area (Å²) < 4.78 is 4.94. The molecule has 0 radical (unpaired) electrons. The van der Waals surface area contributed by atoms with Gasteiger partial charge in [0.05, 0.1) is 6.61 Å². The molecule has 0 unspecified atom stereocenters. The summed E-state index contributed by atoms with van der Waals surface area (Å²) >= 11 is 0. The van der Waals surface area contributed by atoms with Crippen LogP contribution in [0.5, 0.6) is 0 Å². The number of carbonyl (C=O) groups excluding carboxylic acids is 1. The minimum absolute atomic E-state index is 0.304. The number of carbonyl (C=O) groups is 1. The third-order valence-corrected chi connectivity index (χ3v) is 3.19. The minimum atomic E-state index is -0.304. The summed E-state index contributed by atoms with van der Waals surface area (Å²) in [5.41, 5.74) is 0.510. The van der Waals surface area contributed by atoms with Crippen LogP contribution in [0.4, 0.5) is 5.95 Å². The molecule has 20 heavy (non-hydrogen) atoms. The monoisotopic (exact) mass is 276 g/mol.